The van der Waals surface area contributed by atoms with Crippen LogP contribution in [0.2, 0.25) is 0 Å². The van der Waals surface area contributed by atoms with Crippen molar-refractivity contribution in [2.75, 3.05) is 12.4 Å². The van der Waals surface area contributed by atoms with Gasteiger partial charge in [0.15, 0.2) is 6.10 Å². The number of ether oxygens (including phenoxy) is 2. The zero-order valence-corrected chi connectivity index (χ0v) is 15.4. The third-order valence-electron chi connectivity index (χ3n) is 4.10. The van der Waals surface area contributed by atoms with E-state index in [4.69, 9.17) is 9.47 Å². The molecule has 8 heteroatoms. The minimum atomic E-state index is -1.01. The standard InChI is InChI=1S/C20H19N3O5/c1-12(19(25)21-13-6-5-7-14(10-13)27-2)28-18(24)11-17-15-8-3-4-9-16(15)20(26)23-22-17/h3-10,12H,11H2,1-2H3,(H,21,25)(H,23,26)/t12-/m1/s1. The van der Waals surface area contributed by atoms with E-state index in [-0.39, 0.29) is 12.0 Å². The highest BCUT2D eigenvalue weighted by Crippen LogP contribution is 2.17. The second-order valence-electron chi connectivity index (χ2n) is 6.08. The minimum absolute atomic E-state index is 0.173. The van der Waals surface area contributed by atoms with Crippen LogP contribution in [0.3, 0.4) is 0 Å². The molecule has 0 bridgehead atoms. The molecule has 0 aliphatic heterocycles. The van der Waals surface area contributed by atoms with Crippen molar-refractivity contribution in [3.8, 4) is 5.75 Å². The average molecular weight is 381 g/mol. The maximum atomic E-state index is 12.3. The lowest BCUT2D eigenvalue weighted by atomic mass is 10.1. The lowest BCUT2D eigenvalue weighted by Gasteiger charge is -2.14. The van der Waals surface area contributed by atoms with Crippen molar-refractivity contribution in [3.05, 3.63) is 64.6 Å². The van der Waals surface area contributed by atoms with Crippen LogP contribution in [0, 0.1) is 0 Å². The zero-order valence-electron chi connectivity index (χ0n) is 15.4. The van der Waals surface area contributed by atoms with Crippen molar-refractivity contribution in [3.63, 3.8) is 0 Å². The first kappa shape index (κ1) is 19.1. The molecule has 0 aliphatic carbocycles. The summed E-state index contributed by atoms with van der Waals surface area (Å²) in [5.41, 5.74) is 0.569. The van der Waals surface area contributed by atoms with Crippen molar-refractivity contribution >= 4 is 28.3 Å². The van der Waals surface area contributed by atoms with Gasteiger partial charge in [0.25, 0.3) is 11.5 Å². The number of carbonyl (C=O) groups is 2. The van der Waals surface area contributed by atoms with Crippen molar-refractivity contribution in [2.24, 2.45) is 0 Å². The number of benzene rings is 2. The molecule has 0 unspecified atom stereocenters. The normalized spacial score (nSPS) is 11.6. The van der Waals surface area contributed by atoms with Crippen LogP contribution >= 0.6 is 0 Å². The predicted molar refractivity (Wildman–Crippen MR) is 103 cm³/mol. The molecule has 0 aliphatic rings. The number of H-pyrrole nitrogens is 1. The van der Waals surface area contributed by atoms with Gasteiger partial charge >= 0.3 is 5.97 Å². The summed E-state index contributed by atoms with van der Waals surface area (Å²) in [6.45, 7) is 1.48. The molecule has 3 rings (SSSR count). The first-order chi connectivity index (χ1) is 13.5. The molecule has 28 heavy (non-hydrogen) atoms. The molecule has 2 aromatic carbocycles. The van der Waals surface area contributed by atoms with Gasteiger partial charge in [0.05, 0.1) is 24.6 Å². The van der Waals surface area contributed by atoms with Crippen molar-refractivity contribution < 1.29 is 19.1 Å². The van der Waals surface area contributed by atoms with Crippen LogP contribution in [0.5, 0.6) is 5.75 Å². The quantitative estimate of drug-likeness (QED) is 0.632. The van der Waals surface area contributed by atoms with Gasteiger partial charge in [-0.25, -0.2) is 5.10 Å². The van der Waals surface area contributed by atoms with E-state index >= 15 is 0 Å². The van der Waals surface area contributed by atoms with Gasteiger partial charge in [0, 0.05) is 17.1 Å². The Kier molecular flexibility index (Phi) is 5.69. The minimum Gasteiger partial charge on any atom is -0.497 e. The first-order valence-corrected chi connectivity index (χ1v) is 8.58. The lowest BCUT2D eigenvalue weighted by Crippen LogP contribution is -2.30. The number of anilines is 1. The number of fused-ring (bicyclic) bond motifs is 1. The van der Waals surface area contributed by atoms with E-state index in [0.717, 1.165) is 0 Å². The van der Waals surface area contributed by atoms with E-state index in [2.05, 4.69) is 15.5 Å². The van der Waals surface area contributed by atoms with Gasteiger partial charge in [-0.2, -0.15) is 5.10 Å². The third-order valence-corrected chi connectivity index (χ3v) is 4.10. The lowest BCUT2D eigenvalue weighted by molar-refractivity contribution is -0.152. The SMILES string of the molecule is COc1cccc(NC(=O)[C@@H](C)OC(=O)Cc2n[nH]c(=O)c3ccccc23)c1. The van der Waals surface area contributed by atoms with Crippen LogP contribution in [0.1, 0.15) is 12.6 Å². The summed E-state index contributed by atoms with van der Waals surface area (Å²) in [6, 6.07) is 13.7. The molecule has 0 radical (unpaired) electrons. The number of nitrogens with one attached hydrogen (secondary N) is 2. The number of esters is 1. The molecule has 0 saturated carbocycles. The van der Waals surface area contributed by atoms with Crippen LogP contribution in [-0.2, 0) is 20.7 Å². The average Bonchev–Trinajstić information content (AvgIpc) is 2.70. The Bertz CT molecular complexity index is 1080. The van der Waals surface area contributed by atoms with Gasteiger partial charge in [0.1, 0.15) is 5.75 Å². The Morgan fingerprint density at radius 2 is 1.89 bits per heavy atom. The highest BCUT2D eigenvalue weighted by Gasteiger charge is 2.20. The van der Waals surface area contributed by atoms with Crippen molar-refractivity contribution in [2.45, 2.75) is 19.4 Å². The summed E-state index contributed by atoms with van der Waals surface area (Å²) in [5, 5.41) is 9.96. The summed E-state index contributed by atoms with van der Waals surface area (Å²) < 4.78 is 10.3. The maximum absolute atomic E-state index is 12.3. The van der Waals surface area contributed by atoms with E-state index in [9.17, 15) is 14.4 Å². The molecule has 1 atom stereocenters. The van der Waals surface area contributed by atoms with Crippen LogP contribution in [0.25, 0.3) is 10.8 Å². The Balaban J connectivity index is 1.65. The molecule has 0 spiro atoms. The zero-order chi connectivity index (χ0) is 20.1. The van der Waals surface area contributed by atoms with Gasteiger partial charge < -0.3 is 14.8 Å². The van der Waals surface area contributed by atoms with Crippen LogP contribution in [0.15, 0.2) is 53.3 Å². The number of carbonyl (C=O) groups excluding carboxylic acids is 2. The van der Waals surface area contributed by atoms with Crippen LogP contribution in [0.4, 0.5) is 5.69 Å². The molecule has 3 aromatic rings. The molecular weight excluding hydrogens is 362 g/mol. The highest BCUT2D eigenvalue weighted by molar-refractivity contribution is 5.95. The van der Waals surface area contributed by atoms with Crippen LogP contribution in [-0.4, -0.2) is 35.3 Å². The second kappa shape index (κ2) is 8.34. The van der Waals surface area contributed by atoms with Gasteiger partial charge in [-0.15, -0.1) is 0 Å². The number of nitrogens with zero attached hydrogens (tertiary/aromatic N) is 1. The van der Waals surface area contributed by atoms with Gasteiger partial charge in [-0.05, 0) is 25.1 Å². The Hall–Kier alpha value is -3.68. The molecule has 144 valence electrons. The van der Waals surface area contributed by atoms with Crippen molar-refractivity contribution in [1.82, 2.24) is 10.2 Å². The Labute approximate surface area is 160 Å². The maximum Gasteiger partial charge on any atom is 0.312 e. The highest BCUT2D eigenvalue weighted by atomic mass is 16.5. The van der Waals surface area contributed by atoms with Gasteiger partial charge in [-0.3, -0.25) is 14.4 Å². The molecule has 2 N–H and O–H groups in total. The Morgan fingerprint density at radius 3 is 2.64 bits per heavy atom. The number of methoxy groups -OCH3 is 1. The topological polar surface area (TPSA) is 110 Å². The number of aromatic amines is 1. The van der Waals surface area contributed by atoms with Crippen molar-refractivity contribution in [1.29, 1.82) is 0 Å². The fourth-order valence-corrected chi connectivity index (χ4v) is 2.68. The molecule has 8 nitrogen and oxygen atoms in total. The fraction of sp³-hybridized carbons (Fsp3) is 0.200. The van der Waals surface area contributed by atoms with Crippen LogP contribution < -0.4 is 15.6 Å². The van der Waals surface area contributed by atoms with E-state index in [1.165, 1.54) is 14.0 Å². The third kappa shape index (κ3) is 4.35. The fourth-order valence-electron chi connectivity index (χ4n) is 2.68. The number of amides is 1. The van der Waals surface area contributed by atoms with E-state index in [0.29, 0.717) is 27.9 Å². The smallest absolute Gasteiger partial charge is 0.312 e. The number of hydrogen-bond acceptors (Lipinski definition) is 6. The Morgan fingerprint density at radius 1 is 1.14 bits per heavy atom. The van der Waals surface area contributed by atoms with E-state index in [1.54, 1.807) is 48.5 Å². The van der Waals surface area contributed by atoms with E-state index < -0.39 is 18.0 Å². The molecule has 1 amide bonds. The number of aromatic nitrogens is 2. The molecule has 1 aromatic heterocycles. The summed E-state index contributed by atoms with van der Waals surface area (Å²) in [7, 11) is 1.53. The number of rotatable bonds is 6. The summed E-state index contributed by atoms with van der Waals surface area (Å²) in [6.07, 6.45) is -1.18. The van der Waals surface area contributed by atoms with Gasteiger partial charge in [0.2, 0.25) is 0 Å². The monoisotopic (exact) mass is 381 g/mol. The van der Waals surface area contributed by atoms with E-state index in [1.807, 2.05) is 0 Å². The molecular formula is C20H19N3O5. The summed E-state index contributed by atoms with van der Waals surface area (Å²) in [5.74, 6) is -0.502. The number of hydrogen-bond donors (Lipinski definition) is 2. The summed E-state index contributed by atoms with van der Waals surface area (Å²) >= 11 is 0. The molecule has 1 heterocycles. The molecule has 0 saturated heterocycles. The first-order valence-electron chi connectivity index (χ1n) is 8.58. The molecule has 0 fully saturated rings. The summed E-state index contributed by atoms with van der Waals surface area (Å²) in [4.78, 5) is 36.3. The largest absolute Gasteiger partial charge is 0.497 e. The predicted octanol–water partition coefficient (Wildman–Crippen LogP) is 2.04. The second-order valence-corrected chi connectivity index (χ2v) is 6.08. The van der Waals surface area contributed by atoms with Gasteiger partial charge in [-0.1, -0.05) is 24.3 Å².